The number of para-hydroxylation sites is 1. The van der Waals surface area contributed by atoms with Crippen molar-refractivity contribution in [2.24, 2.45) is 0 Å². The number of carbonyl (C=O) groups is 1. The molecule has 0 saturated heterocycles. The van der Waals surface area contributed by atoms with Gasteiger partial charge < -0.3 is 4.74 Å². The predicted molar refractivity (Wildman–Crippen MR) is 114 cm³/mol. The van der Waals surface area contributed by atoms with E-state index < -0.39 is 0 Å². The molecule has 0 spiro atoms. The minimum atomic E-state index is 0.132. The van der Waals surface area contributed by atoms with E-state index in [9.17, 15) is 4.79 Å². The molecule has 0 amide bonds. The van der Waals surface area contributed by atoms with Gasteiger partial charge in [-0.05, 0) is 36.4 Å². The lowest BCUT2D eigenvalue weighted by Gasteiger charge is -2.07. The van der Waals surface area contributed by atoms with E-state index in [4.69, 9.17) is 9.84 Å². The minimum Gasteiger partial charge on any atom is -0.489 e. The van der Waals surface area contributed by atoms with Crippen LogP contribution in [0.5, 0.6) is 5.75 Å². The number of aromatic nitrogens is 2. The van der Waals surface area contributed by atoms with Gasteiger partial charge in [0.05, 0.1) is 11.4 Å². The standard InChI is InChI=1S/C25H22N2O2/c1-2-24(28)19-13-15-23(16-14-19)29-18-21-17-27(22-11-7-4-8-12-22)26-25(21)20-9-5-3-6-10-20/h3-17H,2,18H2,1H3. The third kappa shape index (κ3) is 4.27. The highest BCUT2D eigenvalue weighted by Crippen LogP contribution is 2.25. The van der Waals surface area contributed by atoms with Crippen LogP contribution in [0.3, 0.4) is 0 Å². The Morgan fingerprint density at radius 1 is 0.897 bits per heavy atom. The van der Waals surface area contributed by atoms with E-state index in [-0.39, 0.29) is 5.78 Å². The van der Waals surface area contributed by atoms with Gasteiger partial charge in [-0.3, -0.25) is 4.79 Å². The molecule has 1 heterocycles. The van der Waals surface area contributed by atoms with Gasteiger partial charge >= 0.3 is 0 Å². The van der Waals surface area contributed by atoms with Crippen molar-refractivity contribution in [3.05, 3.63) is 102 Å². The third-order valence-electron chi connectivity index (χ3n) is 4.75. The summed E-state index contributed by atoms with van der Waals surface area (Å²) in [6.45, 7) is 2.25. The Hall–Kier alpha value is -3.66. The lowest BCUT2D eigenvalue weighted by Crippen LogP contribution is -1.98. The number of nitrogens with zero attached hydrogens (tertiary/aromatic N) is 2. The molecule has 0 atom stereocenters. The summed E-state index contributed by atoms with van der Waals surface area (Å²) in [6.07, 6.45) is 2.51. The van der Waals surface area contributed by atoms with Gasteiger partial charge in [0.15, 0.2) is 5.78 Å². The molecule has 4 nitrogen and oxygen atoms in total. The molecular formula is C25H22N2O2. The molecule has 4 aromatic rings. The Morgan fingerprint density at radius 2 is 1.55 bits per heavy atom. The average molecular weight is 382 g/mol. The highest BCUT2D eigenvalue weighted by molar-refractivity contribution is 5.95. The van der Waals surface area contributed by atoms with Crippen LogP contribution in [-0.4, -0.2) is 15.6 Å². The van der Waals surface area contributed by atoms with E-state index in [0.29, 0.717) is 18.6 Å². The van der Waals surface area contributed by atoms with Gasteiger partial charge in [-0.15, -0.1) is 0 Å². The van der Waals surface area contributed by atoms with E-state index in [2.05, 4.69) is 0 Å². The second-order valence-electron chi connectivity index (χ2n) is 6.74. The van der Waals surface area contributed by atoms with Crippen LogP contribution in [0, 0.1) is 0 Å². The Balaban J connectivity index is 1.60. The highest BCUT2D eigenvalue weighted by Gasteiger charge is 2.13. The highest BCUT2D eigenvalue weighted by atomic mass is 16.5. The SMILES string of the molecule is CCC(=O)c1ccc(OCc2cn(-c3ccccc3)nc2-c2ccccc2)cc1. The number of ketones is 1. The largest absolute Gasteiger partial charge is 0.489 e. The Kier molecular flexibility index (Phi) is 5.52. The van der Waals surface area contributed by atoms with Gasteiger partial charge in [0.1, 0.15) is 12.4 Å². The summed E-state index contributed by atoms with van der Waals surface area (Å²) >= 11 is 0. The molecular weight excluding hydrogens is 360 g/mol. The van der Waals surface area contributed by atoms with Gasteiger partial charge in [0, 0.05) is 29.3 Å². The van der Waals surface area contributed by atoms with Crippen LogP contribution >= 0.6 is 0 Å². The summed E-state index contributed by atoms with van der Waals surface area (Å²) in [5.74, 6) is 0.858. The van der Waals surface area contributed by atoms with Gasteiger partial charge in [0.2, 0.25) is 0 Å². The molecule has 0 radical (unpaired) electrons. The first kappa shape index (κ1) is 18.7. The second kappa shape index (κ2) is 8.57. The third-order valence-corrected chi connectivity index (χ3v) is 4.75. The molecule has 0 aliphatic rings. The van der Waals surface area contributed by atoms with E-state index in [1.54, 1.807) is 0 Å². The van der Waals surface area contributed by atoms with E-state index in [0.717, 1.165) is 28.3 Å². The van der Waals surface area contributed by atoms with E-state index in [1.165, 1.54) is 0 Å². The lowest BCUT2D eigenvalue weighted by atomic mass is 10.1. The molecule has 1 aromatic heterocycles. The first-order valence-corrected chi connectivity index (χ1v) is 9.70. The maximum absolute atomic E-state index is 11.8. The molecule has 0 unspecified atom stereocenters. The number of benzene rings is 3. The maximum atomic E-state index is 11.8. The number of Topliss-reactive ketones (excluding diaryl/α,β-unsaturated/α-hetero) is 1. The maximum Gasteiger partial charge on any atom is 0.162 e. The number of hydrogen-bond donors (Lipinski definition) is 0. The molecule has 0 N–H and O–H groups in total. The molecule has 0 fully saturated rings. The predicted octanol–water partition coefficient (Wildman–Crippen LogP) is 5.71. The van der Waals surface area contributed by atoms with Crippen molar-refractivity contribution in [3.8, 4) is 22.7 Å². The Bertz CT molecular complexity index is 1080. The number of ether oxygens (including phenoxy) is 1. The van der Waals surface area contributed by atoms with Crippen molar-refractivity contribution in [1.82, 2.24) is 9.78 Å². The van der Waals surface area contributed by atoms with Crippen LogP contribution in [0.15, 0.2) is 91.1 Å². The van der Waals surface area contributed by atoms with Crippen molar-refractivity contribution in [2.45, 2.75) is 20.0 Å². The number of carbonyl (C=O) groups excluding carboxylic acids is 1. The summed E-state index contributed by atoms with van der Waals surface area (Å²) < 4.78 is 7.89. The van der Waals surface area contributed by atoms with Crippen molar-refractivity contribution in [3.63, 3.8) is 0 Å². The molecule has 3 aromatic carbocycles. The van der Waals surface area contributed by atoms with Crippen molar-refractivity contribution >= 4 is 5.78 Å². The van der Waals surface area contributed by atoms with E-state index in [1.807, 2.05) is 103 Å². The van der Waals surface area contributed by atoms with Crippen molar-refractivity contribution in [2.75, 3.05) is 0 Å². The summed E-state index contributed by atoms with van der Waals surface area (Å²) in [5, 5.41) is 4.80. The van der Waals surface area contributed by atoms with Gasteiger partial charge in [0.25, 0.3) is 0 Å². The summed E-state index contributed by atoms with van der Waals surface area (Å²) in [6, 6.07) is 27.4. The minimum absolute atomic E-state index is 0.132. The quantitative estimate of drug-likeness (QED) is 0.385. The molecule has 0 bridgehead atoms. The summed E-state index contributed by atoms with van der Waals surface area (Å²) in [5.41, 5.74) is 4.64. The molecule has 29 heavy (non-hydrogen) atoms. The number of hydrogen-bond acceptors (Lipinski definition) is 3. The van der Waals surface area contributed by atoms with Crippen LogP contribution in [0.2, 0.25) is 0 Å². The number of rotatable bonds is 7. The van der Waals surface area contributed by atoms with Crippen molar-refractivity contribution in [1.29, 1.82) is 0 Å². The van der Waals surface area contributed by atoms with E-state index >= 15 is 0 Å². The van der Waals surface area contributed by atoms with Gasteiger partial charge in [-0.1, -0.05) is 55.5 Å². The summed E-state index contributed by atoms with van der Waals surface area (Å²) in [7, 11) is 0. The normalized spacial score (nSPS) is 10.7. The lowest BCUT2D eigenvalue weighted by molar-refractivity contribution is 0.0988. The molecule has 144 valence electrons. The first-order chi connectivity index (χ1) is 14.2. The van der Waals surface area contributed by atoms with Crippen LogP contribution in [0.25, 0.3) is 16.9 Å². The molecule has 0 aliphatic carbocycles. The molecule has 0 aliphatic heterocycles. The zero-order valence-electron chi connectivity index (χ0n) is 16.3. The van der Waals surface area contributed by atoms with Crippen LogP contribution in [-0.2, 0) is 6.61 Å². The topological polar surface area (TPSA) is 44.1 Å². The monoisotopic (exact) mass is 382 g/mol. The van der Waals surface area contributed by atoms with Crippen LogP contribution in [0.1, 0.15) is 29.3 Å². The smallest absolute Gasteiger partial charge is 0.162 e. The molecule has 4 heteroatoms. The van der Waals surface area contributed by atoms with Gasteiger partial charge in [-0.2, -0.15) is 5.10 Å². The zero-order valence-corrected chi connectivity index (χ0v) is 16.3. The summed E-state index contributed by atoms with van der Waals surface area (Å²) in [4.78, 5) is 11.8. The van der Waals surface area contributed by atoms with Crippen LogP contribution in [0.4, 0.5) is 0 Å². The van der Waals surface area contributed by atoms with Crippen LogP contribution < -0.4 is 4.74 Å². The first-order valence-electron chi connectivity index (χ1n) is 9.70. The fraction of sp³-hybridized carbons (Fsp3) is 0.120. The molecule has 0 saturated carbocycles. The fourth-order valence-electron chi connectivity index (χ4n) is 3.17. The average Bonchev–Trinajstić information content (AvgIpc) is 3.23. The fourth-order valence-corrected chi connectivity index (χ4v) is 3.17. The van der Waals surface area contributed by atoms with Gasteiger partial charge in [-0.25, -0.2) is 4.68 Å². The van der Waals surface area contributed by atoms with Crippen molar-refractivity contribution < 1.29 is 9.53 Å². The second-order valence-corrected chi connectivity index (χ2v) is 6.74. The Morgan fingerprint density at radius 3 is 2.21 bits per heavy atom. The zero-order chi connectivity index (χ0) is 20.1. The Labute approximate surface area is 170 Å². The molecule has 4 rings (SSSR count).